The largest absolute Gasteiger partial charge is 0.476 e. The molecule has 25 heavy (non-hydrogen) atoms. The molecule has 0 unspecified atom stereocenters. The quantitative estimate of drug-likeness (QED) is 0.724. The summed E-state index contributed by atoms with van der Waals surface area (Å²) in [5.74, 6) is -0.994. The highest BCUT2D eigenvalue weighted by atomic mass is 16.4. The molecule has 3 rings (SSSR count). The number of carboxylic acid groups (broad SMARTS) is 1. The number of nitrogens with one attached hydrogen (secondary N) is 1. The zero-order chi connectivity index (χ0) is 18.0. The van der Waals surface area contributed by atoms with E-state index in [1.165, 1.54) is 21.0 Å². The van der Waals surface area contributed by atoms with Crippen molar-refractivity contribution in [1.82, 2.24) is 15.1 Å². The zero-order valence-corrected chi connectivity index (χ0v) is 14.8. The van der Waals surface area contributed by atoms with E-state index in [1.54, 1.807) is 13.2 Å². The number of rotatable bonds is 6. The third-order valence-electron chi connectivity index (χ3n) is 4.52. The lowest BCUT2D eigenvalue weighted by atomic mass is 9.83. The second-order valence-corrected chi connectivity index (χ2v) is 7.03. The Bertz CT molecular complexity index is 912. The first-order valence-corrected chi connectivity index (χ1v) is 8.33. The number of aromatic nitrogens is 2. The van der Waals surface area contributed by atoms with Gasteiger partial charge in [-0.3, -0.25) is 4.68 Å². The molecule has 1 heterocycles. The Morgan fingerprint density at radius 3 is 2.64 bits per heavy atom. The van der Waals surface area contributed by atoms with Crippen molar-refractivity contribution < 1.29 is 9.90 Å². The van der Waals surface area contributed by atoms with Gasteiger partial charge in [0.05, 0.1) is 0 Å². The second kappa shape index (κ2) is 6.69. The first kappa shape index (κ1) is 17.2. The lowest BCUT2D eigenvalue weighted by molar-refractivity contribution is 0.0688. The Kier molecular flexibility index (Phi) is 4.59. The minimum atomic E-state index is -0.994. The van der Waals surface area contributed by atoms with Crippen molar-refractivity contribution in [2.75, 3.05) is 6.54 Å². The molecule has 0 atom stereocenters. The molecule has 0 spiro atoms. The molecule has 5 nitrogen and oxygen atoms in total. The van der Waals surface area contributed by atoms with E-state index in [4.69, 9.17) is 0 Å². The molecule has 0 aliphatic heterocycles. The fourth-order valence-corrected chi connectivity index (χ4v) is 3.07. The van der Waals surface area contributed by atoms with Crippen LogP contribution >= 0.6 is 0 Å². The Labute approximate surface area is 147 Å². The van der Waals surface area contributed by atoms with Gasteiger partial charge >= 0.3 is 5.97 Å². The molecule has 0 radical (unpaired) electrons. The summed E-state index contributed by atoms with van der Waals surface area (Å²) in [6.45, 7) is 5.59. The normalized spacial score (nSPS) is 11.8. The second-order valence-electron chi connectivity index (χ2n) is 7.03. The number of carboxylic acids is 1. The monoisotopic (exact) mass is 337 g/mol. The molecule has 2 aromatic carbocycles. The molecule has 0 bridgehead atoms. The van der Waals surface area contributed by atoms with Gasteiger partial charge in [0, 0.05) is 37.3 Å². The van der Waals surface area contributed by atoms with Crippen LogP contribution in [0.5, 0.6) is 0 Å². The van der Waals surface area contributed by atoms with Crippen molar-refractivity contribution in [3.63, 3.8) is 0 Å². The van der Waals surface area contributed by atoms with Gasteiger partial charge in [-0.1, -0.05) is 56.3 Å². The van der Waals surface area contributed by atoms with Crippen LogP contribution in [-0.2, 0) is 19.0 Å². The molecule has 0 aliphatic carbocycles. The summed E-state index contributed by atoms with van der Waals surface area (Å²) >= 11 is 0. The van der Waals surface area contributed by atoms with Gasteiger partial charge < -0.3 is 10.4 Å². The van der Waals surface area contributed by atoms with E-state index < -0.39 is 5.97 Å². The highest BCUT2D eigenvalue weighted by molar-refractivity contribution is 5.87. The van der Waals surface area contributed by atoms with Crippen molar-refractivity contribution in [3.8, 4) is 0 Å². The van der Waals surface area contributed by atoms with Gasteiger partial charge in [0.2, 0.25) is 0 Å². The first-order chi connectivity index (χ1) is 11.9. The van der Waals surface area contributed by atoms with Gasteiger partial charge in [-0.25, -0.2) is 4.79 Å². The smallest absolute Gasteiger partial charge is 0.356 e. The number of carbonyl (C=O) groups is 1. The van der Waals surface area contributed by atoms with E-state index in [-0.39, 0.29) is 11.1 Å². The molecule has 0 amide bonds. The molecular formula is C20H23N3O2. The van der Waals surface area contributed by atoms with E-state index in [0.29, 0.717) is 12.1 Å². The molecule has 130 valence electrons. The number of nitrogens with zero attached hydrogens (tertiary/aromatic N) is 2. The molecule has 3 aromatic rings. The molecule has 1 aromatic heterocycles. The van der Waals surface area contributed by atoms with E-state index >= 15 is 0 Å². The van der Waals surface area contributed by atoms with Gasteiger partial charge in [-0.15, -0.1) is 0 Å². The van der Waals surface area contributed by atoms with E-state index in [1.807, 2.05) is 12.1 Å². The van der Waals surface area contributed by atoms with Crippen molar-refractivity contribution in [1.29, 1.82) is 0 Å². The standard InChI is InChI=1S/C20H23N3O2/c1-20(2,17-9-8-14-6-4-5-7-15(14)10-17)13-21-11-16-12-23(3)22-18(16)19(24)25/h4-10,12,21H,11,13H2,1-3H3,(H,24,25). The fraction of sp³-hybridized carbons (Fsp3) is 0.300. The van der Waals surface area contributed by atoms with Crippen molar-refractivity contribution in [3.05, 3.63) is 65.5 Å². The van der Waals surface area contributed by atoms with Crippen LogP contribution in [0, 0.1) is 0 Å². The molecular weight excluding hydrogens is 314 g/mol. The third kappa shape index (κ3) is 3.72. The molecule has 0 saturated heterocycles. The van der Waals surface area contributed by atoms with E-state index in [2.05, 4.69) is 54.6 Å². The Balaban J connectivity index is 1.72. The van der Waals surface area contributed by atoms with Crippen molar-refractivity contribution >= 4 is 16.7 Å². The average molecular weight is 337 g/mol. The van der Waals surface area contributed by atoms with Crippen molar-refractivity contribution in [2.45, 2.75) is 25.8 Å². The zero-order valence-electron chi connectivity index (χ0n) is 14.8. The van der Waals surface area contributed by atoms with Crippen LogP contribution in [0.15, 0.2) is 48.7 Å². The van der Waals surface area contributed by atoms with Crippen LogP contribution in [0.4, 0.5) is 0 Å². The summed E-state index contributed by atoms with van der Waals surface area (Å²) in [6, 6.07) is 14.9. The maximum Gasteiger partial charge on any atom is 0.356 e. The number of fused-ring (bicyclic) bond motifs is 1. The molecule has 0 fully saturated rings. The molecule has 2 N–H and O–H groups in total. The summed E-state index contributed by atoms with van der Waals surface area (Å²) in [6.07, 6.45) is 1.75. The van der Waals surface area contributed by atoms with Crippen molar-refractivity contribution in [2.24, 2.45) is 7.05 Å². The number of aryl methyl sites for hydroxylation is 1. The molecule has 0 saturated carbocycles. The lowest BCUT2D eigenvalue weighted by Crippen LogP contribution is -2.32. The summed E-state index contributed by atoms with van der Waals surface area (Å²) in [7, 11) is 1.73. The summed E-state index contributed by atoms with van der Waals surface area (Å²) in [5.41, 5.74) is 1.99. The lowest BCUT2D eigenvalue weighted by Gasteiger charge is -2.26. The molecule has 0 aliphatic rings. The minimum Gasteiger partial charge on any atom is -0.476 e. The maximum atomic E-state index is 11.2. The maximum absolute atomic E-state index is 11.2. The summed E-state index contributed by atoms with van der Waals surface area (Å²) in [5, 5.41) is 19.1. The first-order valence-electron chi connectivity index (χ1n) is 8.33. The Morgan fingerprint density at radius 1 is 1.20 bits per heavy atom. The van der Waals surface area contributed by atoms with Crippen LogP contribution in [-0.4, -0.2) is 27.4 Å². The van der Waals surface area contributed by atoms with E-state index in [9.17, 15) is 9.90 Å². The highest BCUT2D eigenvalue weighted by Gasteiger charge is 2.21. The predicted molar refractivity (Wildman–Crippen MR) is 98.8 cm³/mol. The minimum absolute atomic E-state index is 0.0738. The van der Waals surface area contributed by atoms with Crippen LogP contribution in [0.2, 0.25) is 0 Å². The van der Waals surface area contributed by atoms with Gasteiger partial charge in [0.1, 0.15) is 0 Å². The highest BCUT2D eigenvalue weighted by Crippen LogP contribution is 2.26. The van der Waals surface area contributed by atoms with Crippen LogP contribution in [0.1, 0.15) is 35.5 Å². The van der Waals surface area contributed by atoms with Crippen LogP contribution in [0.25, 0.3) is 10.8 Å². The SMILES string of the molecule is Cn1cc(CNCC(C)(C)c2ccc3ccccc3c2)c(C(=O)O)n1. The Morgan fingerprint density at radius 2 is 1.92 bits per heavy atom. The average Bonchev–Trinajstić information content (AvgIpc) is 2.95. The summed E-state index contributed by atoms with van der Waals surface area (Å²) in [4.78, 5) is 11.2. The van der Waals surface area contributed by atoms with Crippen LogP contribution in [0.3, 0.4) is 0 Å². The number of hydrogen-bond donors (Lipinski definition) is 2. The number of hydrogen-bond acceptors (Lipinski definition) is 3. The van der Waals surface area contributed by atoms with Crippen LogP contribution < -0.4 is 5.32 Å². The predicted octanol–water partition coefficient (Wildman–Crippen LogP) is 3.34. The van der Waals surface area contributed by atoms with Gasteiger partial charge in [-0.05, 0) is 16.3 Å². The Hall–Kier alpha value is -2.66. The number of benzene rings is 2. The molecule has 5 heteroatoms. The van der Waals surface area contributed by atoms with E-state index in [0.717, 1.165) is 6.54 Å². The van der Waals surface area contributed by atoms with Gasteiger partial charge in [-0.2, -0.15) is 5.10 Å². The van der Waals surface area contributed by atoms with Gasteiger partial charge in [0.15, 0.2) is 5.69 Å². The third-order valence-corrected chi connectivity index (χ3v) is 4.52. The fourth-order valence-electron chi connectivity index (χ4n) is 3.07. The number of aromatic carboxylic acids is 1. The topological polar surface area (TPSA) is 67.2 Å². The van der Waals surface area contributed by atoms with Gasteiger partial charge in [0.25, 0.3) is 0 Å². The summed E-state index contributed by atoms with van der Waals surface area (Å²) < 4.78 is 1.54.